The van der Waals surface area contributed by atoms with Gasteiger partial charge < -0.3 is 198 Å². The smallest absolute Gasteiger partial charge is 0.303 e. The van der Waals surface area contributed by atoms with Crippen LogP contribution in [0.2, 0.25) is 0 Å². The lowest BCUT2D eigenvalue weighted by Gasteiger charge is -2.12. The van der Waals surface area contributed by atoms with Crippen LogP contribution in [0.4, 0.5) is 0 Å². The van der Waals surface area contributed by atoms with E-state index in [9.17, 15) is 24.0 Å². The molecule has 46 heteroatoms. The number of ether oxygens (including phenoxy) is 35. The lowest BCUT2D eigenvalue weighted by atomic mass is 10.1. The van der Waals surface area contributed by atoms with E-state index < -0.39 is 17.9 Å². The summed E-state index contributed by atoms with van der Waals surface area (Å²) < 4.78 is 193. The highest BCUT2D eigenvalue weighted by Gasteiger charge is 2.13. The van der Waals surface area contributed by atoms with Crippen molar-refractivity contribution in [2.24, 2.45) is 5.73 Å². The number of nitrogens with two attached hydrogens (primary N) is 1. The number of likely N-dealkylation sites (N-methyl/N-ethyl adjacent to an activating group) is 1. The van der Waals surface area contributed by atoms with Gasteiger partial charge in [0, 0.05) is 32.5 Å². The van der Waals surface area contributed by atoms with Gasteiger partial charge in [-0.05, 0) is 32.7 Å². The predicted molar refractivity (Wildman–Crippen MR) is 484 cm³/mol. The number of aliphatic carboxylic acids is 1. The maximum atomic E-state index is 12.0. The number of primary amides is 1. The van der Waals surface area contributed by atoms with Gasteiger partial charge >= 0.3 is 5.97 Å². The van der Waals surface area contributed by atoms with Crippen LogP contribution in [-0.2, 0) is 190 Å². The zero-order chi connectivity index (χ0) is 96.3. The van der Waals surface area contributed by atoms with Gasteiger partial charge in [-0.15, -0.1) is 0 Å². The first kappa shape index (κ1) is 130. The molecule has 0 aliphatic carbocycles. The number of nitrogens with one attached hydrogen (secondary N) is 4. The summed E-state index contributed by atoms with van der Waals surface area (Å²) in [5.74, 6) is -1.69. The highest BCUT2D eigenvalue weighted by Crippen LogP contribution is 2.06. The van der Waals surface area contributed by atoms with Crippen LogP contribution in [-0.4, -0.2) is 530 Å². The minimum absolute atomic E-state index is 0.0217. The van der Waals surface area contributed by atoms with Crippen molar-refractivity contribution in [3.8, 4) is 0 Å². The van der Waals surface area contributed by atoms with Crippen molar-refractivity contribution >= 4 is 29.6 Å². The standard InChI is InChI=1S/C88H173N5O41/c1-90-83(88(89)99)7-6-10-91-85(95)81-133-79-77-131-75-73-129-71-69-127-67-65-125-63-61-123-59-57-121-55-53-119-42-40-113-38-36-111-34-32-109-30-28-107-26-24-105-22-20-103-18-16-101-14-12-93-86(96)82-134-80-78-132-76-74-130-72-70-128-68-66-126-64-62-124-60-58-122-56-54-120-52-51-118-50-49-117-48-47-116-46-45-115-44-43-114-41-39-112-37-35-110-33-31-108-29-27-106-25-23-104-21-19-102-17-15-100-13-11-92-84(94)8-4-2-3-5-9-87(97)98/h83,90H,2-82H2,1H3,(H2,89,99)(H,91,95)(H,92,94)(H,93,96)(H,97,98). The van der Waals surface area contributed by atoms with Gasteiger partial charge in [0.2, 0.25) is 23.6 Å². The molecule has 0 radical (unpaired) electrons. The molecular formula is C88H173N5O41. The molecule has 0 bridgehead atoms. The fraction of sp³-hybridized carbons (Fsp3) is 0.943. The number of carbonyl (C=O) groups excluding carboxylic acids is 4. The van der Waals surface area contributed by atoms with Gasteiger partial charge in [-0.1, -0.05) is 12.8 Å². The summed E-state index contributed by atoms with van der Waals surface area (Å²) in [6.45, 7) is 31.1. The van der Waals surface area contributed by atoms with Crippen molar-refractivity contribution in [2.75, 3.05) is 489 Å². The maximum absolute atomic E-state index is 12.0. The number of carboxylic acids is 1. The normalized spacial score (nSPS) is 11.9. The predicted octanol–water partition coefficient (Wildman–Crippen LogP) is -0.805. The summed E-state index contributed by atoms with van der Waals surface area (Å²) in [5.41, 5.74) is 5.28. The summed E-state index contributed by atoms with van der Waals surface area (Å²) in [6.07, 6.45) is 4.84. The first-order chi connectivity index (χ1) is 66.3. The molecule has 134 heavy (non-hydrogen) atoms. The summed E-state index contributed by atoms with van der Waals surface area (Å²) in [5, 5.41) is 19.8. The summed E-state index contributed by atoms with van der Waals surface area (Å²) in [4.78, 5) is 57.4. The summed E-state index contributed by atoms with van der Waals surface area (Å²) in [6, 6.07) is -0.406. The van der Waals surface area contributed by atoms with E-state index in [-0.39, 0.29) is 50.6 Å². The van der Waals surface area contributed by atoms with Gasteiger partial charge in [-0.2, -0.15) is 0 Å². The van der Waals surface area contributed by atoms with E-state index in [0.717, 1.165) is 19.3 Å². The van der Waals surface area contributed by atoms with Crippen molar-refractivity contribution in [3.05, 3.63) is 0 Å². The molecule has 0 heterocycles. The van der Waals surface area contributed by atoms with E-state index in [2.05, 4.69) is 21.3 Å². The Morgan fingerprint density at radius 3 is 0.507 bits per heavy atom. The van der Waals surface area contributed by atoms with Crippen molar-refractivity contribution in [1.82, 2.24) is 21.3 Å². The third-order valence-corrected chi connectivity index (χ3v) is 17.1. The number of rotatable bonds is 122. The molecule has 0 aliphatic rings. The Hall–Kier alpha value is -4.09. The maximum Gasteiger partial charge on any atom is 0.303 e. The average Bonchev–Trinajstić information content (AvgIpc) is 0.972. The van der Waals surface area contributed by atoms with Crippen LogP contribution in [0.5, 0.6) is 0 Å². The number of amides is 4. The van der Waals surface area contributed by atoms with E-state index in [4.69, 9.17) is 177 Å². The van der Waals surface area contributed by atoms with Gasteiger partial charge in [0.15, 0.2) is 0 Å². The molecule has 0 aromatic rings. The van der Waals surface area contributed by atoms with Crippen LogP contribution < -0.4 is 27.0 Å². The molecule has 796 valence electrons. The number of hydrogen-bond donors (Lipinski definition) is 6. The zero-order valence-corrected chi connectivity index (χ0v) is 80.7. The van der Waals surface area contributed by atoms with Crippen LogP contribution in [0, 0.1) is 0 Å². The minimum atomic E-state index is -0.784. The molecule has 0 aromatic heterocycles. The minimum Gasteiger partial charge on any atom is -0.481 e. The number of unbranched alkanes of at least 4 members (excludes halogenated alkanes) is 3. The van der Waals surface area contributed by atoms with Crippen molar-refractivity contribution in [2.45, 2.75) is 57.4 Å². The van der Waals surface area contributed by atoms with E-state index in [1.165, 1.54) is 0 Å². The van der Waals surface area contributed by atoms with Gasteiger partial charge in [-0.25, -0.2) is 0 Å². The highest BCUT2D eigenvalue weighted by molar-refractivity contribution is 5.80. The number of hydrogen-bond acceptors (Lipinski definition) is 41. The second kappa shape index (κ2) is 118. The highest BCUT2D eigenvalue weighted by atomic mass is 16.6. The van der Waals surface area contributed by atoms with E-state index in [1.54, 1.807) is 7.05 Å². The number of carbonyl (C=O) groups is 5. The largest absolute Gasteiger partial charge is 0.481 e. The summed E-state index contributed by atoms with van der Waals surface area (Å²) >= 11 is 0. The van der Waals surface area contributed by atoms with Gasteiger partial charge in [-0.3, -0.25) is 24.0 Å². The average molecular weight is 1960 g/mol. The summed E-state index contributed by atoms with van der Waals surface area (Å²) in [7, 11) is 1.67. The number of carboxylic acid groups (broad SMARTS) is 1. The fourth-order valence-electron chi connectivity index (χ4n) is 10.2. The molecule has 0 spiro atoms. The van der Waals surface area contributed by atoms with Crippen molar-refractivity contribution in [1.29, 1.82) is 0 Å². The third kappa shape index (κ3) is 117. The molecule has 1 atom stereocenters. The van der Waals surface area contributed by atoms with Gasteiger partial charge in [0.1, 0.15) is 13.2 Å². The Balaban J connectivity index is 3.16. The molecule has 0 saturated heterocycles. The van der Waals surface area contributed by atoms with Crippen LogP contribution in [0.15, 0.2) is 0 Å². The van der Waals surface area contributed by atoms with Gasteiger partial charge in [0.25, 0.3) is 0 Å². The first-order valence-electron chi connectivity index (χ1n) is 47.5. The van der Waals surface area contributed by atoms with E-state index in [1.807, 2.05) is 0 Å². The SMILES string of the molecule is CNC(CCCNC(=O)COCCOCCOCCOCCOCCOCCOCCOCCOCCOCCOCCOCCOCCOCCOCCNC(=O)COCCOCCOCCOCCOCCOCCOCCOCCOCCOCCOCCOCCOCCOCCOCCOCCOCCOCCOCCOCCNC(=O)CCCCCCC(=O)O)C(N)=O. The Labute approximate surface area is 795 Å². The Morgan fingerprint density at radius 1 is 0.194 bits per heavy atom. The monoisotopic (exact) mass is 1960 g/mol. The lowest BCUT2D eigenvalue weighted by Crippen LogP contribution is -2.39. The molecule has 0 rings (SSSR count). The second-order valence-corrected chi connectivity index (χ2v) is 28.1. The zero-order valence-electron chi connectivity index (χ0n) is 80.7. The van der Waals surface area contributed by atoms with Crippen LogP contribution >= 0.6 is 0 Å². The van der Waals surface area contributed by atoms with Gasteiger partial charge in [0.05, 0.1) is 455 Å². The van der Waals surface area contributed by atoms with Crippen LogP contribution in [0.25, 0.3) is 0 Å². The second-order valence-electron chi connectivity index (χ2n) is 28.1. The molecule has 4 amide bonds. The Kier molecular flexibility index (Phi) is 114. The lowest BCUT2D eigenvalue weighted by molar-refractivity contribution is -0.137. The van der Waals surface area contributed by atoms with Crippen molar-refractivity contribution < 1.29 is 195 Å². The van der Waals surface area contributed by atoms with E-state index >= 15 is 0 Å². The van der Waals surface area contributed by atoms with Crippen molar-refractivity contribution in [3.63, 3.8) is 0 Å². The molecule has 1 unspecified atom stereocenters. The first-order valence-corrected chi connectivity index (χ1v) is 47.5. The fourth-order valence-corrected chi connectivity index (χ4v) is 10.2. The molecular weight excluding hydrogens is 1780 g/mol. The van der Waals surface area contributed by atoms with Crippen LogP contribution in [0.1, 0.15) is 51.4 Å². The molecule has 7 N–H and O–H groups in total. The molecule has 0 aliphatic heterocycles. The quantitative estimate of drug-likeness (QED) is 0.0406. The Bertz CT molecular complexity index is 2350. The molecule has 0 saturated carbocycles. The molecule has 46 nitrogen and oxygen atoms in total. The Morgan fingerprint density at radius 2 is 0.343 bits per heavy atom. The van der Waals surface area contributed by atoms with E-state index in [0.29, 0.717) is 481 Å². The van der Waals surface area contributed by atoms with Crippen LogP contribution in [0.3, 0.4) is 0 Å². The third-order valence-electron chi connectivity index (χ3n) is 17.1. The molecule has 0 aromatic carbocycles. The topological polar surface area (TPSA) is 503 Å². The molecule has 0 fully saturated rings.